The second-order valence-electron chi connectivity index (χ2n) is 6.06. The van der Waals surface area contributed by atoms with Crippen LogP contribution < -0.4 is 5.56 Å². The Morgan fingerprint density at radius 3 is 2.44 bits per heavy atom. The van der Waals surface area contributed by atoms with E-state index in [9.17, 15) is 30.0 Å². The van der Waals surface area contributed by atoms with Gasteiger partial charge in [-0.2, -0.15) is 0 Å². The molecular weight excluding hydrogens is 358 g/mol. The van der Waals surface area contributed by atoms with Gasteiger partial charge in [0.2, 0.25) is 0 Å². The molecule has 4 N–H and O–H groups in total. The first-order valence-electron chi connectivity index (χ1n) is 8.22. The molecule has 1 saturated heterocycles. The van der Waals surface area contributed by atoms with Crippen LogP contribution in [-0.2, 0) is 9.47 Å². The first kappa shape index (κ1) is 19.2. The van der Waals surface area contributed by atoms with Crippen molar-refractivity contribution in [3.63, 3.8) is 0 Å². The maximum absolute atomic E-state index is 12.5. The second kappa shape index (κ2) is 7.99. The molecule has 0 bridgehead atoms. The van der Waals surface area contributed by atoms with Gasteiger partial charge in [-0.1, -0.05) is 18.2 Å². The van der Waals surface area contributed by atoms with Crippen LogP contribution >= 0.6 is 0 Å². The number of aromatic nitrogens is 1. The Hall–Kier alpha value is -2.56. The summed E-state index contributed by atoms with van der Waals surface area (Å²) in [6.45, 7) is -0.650. The summed E-state index contributed by atoms with van der Waals surface area (Å²) in [5.41, 5.74) is 0.207. The normalized spacial score (nSPS) is 27.9. The number of para-hydroxylation sites is 1. The minimum atomic E-state index is -1.72. The molecule has 2 heterocycles. The Balaban J connectivity index is 1.85. The van der Waals surface area contributed by atoms with Crippen molar-refractivity contribution in [2.75, 3.05) is 6.61 Å². The molecule has 9 nitrogen and oxygen atoms in total. The standard InChI is InChI=1S/C18H19NO8/c20-9-12-16(14(22)15(23)18(25)26-12)27-17(24)10-6-7-13(21)19(8-10)11-4-2-1-3-5-11/h1-8,12,14-16,18,20,22-23,25H,9H2/t12-,14-,15-,16-,18?/m1/s1. The molecule has 0 aliphatic carbocycles. The Morgan fingerprint density at radius 1 is 1.07 bits per heavy atom. The summed E-state index contributed by atoms with van der Waals surface area (Å²) < 4.78 is 11.4. The van der Waals surface area contributed by atoms with E-state index in [0.717, 1.165) is 0 Å². The van der Waals surface area contributed by atoms with E-state index in [-0.39, 0.29) is 11.1 Å². The molecule has 5 atom stereocenters. The monoisotopic (exact) mass is 377 g/mol. The third-order valence-electron chi connectivity index (χ3n) is 4.26. The van der Waals surface area contributed by atoms with Crippen molar-refractivity contribution in [3.05, 3.63) is 64.6 Å². The number of pyridine rings is 1. The van der Waals surface area contributed by atoms with Crippen LogP contribution in [0.3, 0.4) is 0 Å². The zero-order valence-electron chi connectivity index (χ0n) is 14.1. The van der Waals surface area contributed by atoms with Crippen molar-refractivity contribution < 1.29 is 34.7 Å². The van der Waals surface area contributed by atoms with Crippen LogP contribution in [0.4, 0.5) is 0 Å². The molecule has 0 saturated carbocycles. The first-order chi connectivity index (χ1) is 12.9. The van der Waals surface area contributed by atoms with Crippen LogP contribution in [0.15, 0.2) is 53.5 Å². The van der Waals surface area contributed by atoms with Gasteiger partial charge in [0.05, 0.1) is 12.2 Å². The van der Waals surface area contributed by atoms with Crippen LogP contribution in [0.25, 0.3) is 5.69 Å². The van der Waals surface area contributed by atoms with Crippen LogP contribution in [0.5, 0.6) is 0 Å². The number of rotatable bonds is 4. The van der Waals surface area contributed by atoms with Crippen molar-refractivity contribution in [1.29, 1.82) is 0 Å². The Labute approximate surface area is 153 Å². The summed E-state index contributed by atoms with van der Waals surface area (Å²) in [6.07, 6.45) is -6.42. The smallest absolute Gasteiger partial charge is 0.340 e. The van der Waals surface area contributed by atoms with E-state index in [1.54, 1.807) is 30.3 Å². The SMILES string of the molecule is O=C(O[C@H]1[C@H](O)[C@@H](O)C(O)O[C@@H]1CO)c1ccc(=O)n(-c2ccccc2)c1. The van der Waals surface area contributed by atoms with E-state index >= 15 is 0 Å². The molecular formula is C18H19NO8. The van der Waals surface area contributed by atoms with E-state index in [1.165, 1.54) is 22.9 Å². The molecule has 9 heteroatoms. The summed E-state index contributed by atoms with van der Waals surface area (Å²) in [4.78, 5) is 24.5. The molecule has 27 heavy (non-hydrogen) atoms. The highest BCUT2D eigenvalue weighted by molar-refractivity contribution is 5.89. The average Bonchev–Trinajstić information content (AvgIpc) is 2.69. The largest absolute Gasteiger partial charge is 0.453 e. The number of hydrogen-bond acceptors (Lipinski definition) is 8. The highest BCUT2D eigenvalue weighted by atomic mass is 16.7. The molecule has 1 aromatic heterocycles. The van der Waals surface area contributed by atoms with Gasteiger partial charge in [0.15, 0.2) is 12.4 Å². The minimum absolute atomic E-state index is 0.0166. The number of carbonyl (C=O) groups excluding carboxylic acids is 1. The topological polar surface area (TPSA) is 138 Å². The van der Waals surface area contributed by atoms with Crippen LogP contribution in [0.1, 0.15) is 10.4 Å². The summed E-state index contributed by atoms with van der Waals surface area (Å²) in [5.74, 6) is -0.894. The fourth-order valence-electron chi connectivity index (χ4n) is 2.80. The molecule has 1 aliphatic heterocycles. The van der Waals surface area contributed by atoms with Gasteiger partial charge < -0.3 is 29.9 Å². The number of esters is 1. The highest BCUT2D eigenvalue weighted by Crippen LogP contribution is 2.23. The van der Waals surface area contributed by atoms with Gasteiger partial charge >= 0.3 is 5.97 Å². The van der Waals surface area contributed by atoms with Gasteiger partial charge in [0.25, 0.3) is 5.56 Å². The lowest BCUT2D eigenvalue weighted by Gasteiger charge is -2.39. The van der Waals surface area contributed by atoms with Gasteiger partial charge in [0.1, 0.15) is 18.3 Å². The van der Waals surface area contributed by atoms with Crippen LogP contribution in [-0.4, -0.2) is 68.3 Å². The molecule has 2 aromatic rings. The lowest BCUT2D eigenvalue weighted by Crippen LogP contribution is -2.59. The van der Waals surface area contributed by atoms with Gasteiger partial charge in [-0.3, -0.25) is 9.36 Å². The summed E-state index contributed by atoms with van der Waals surface area (Å²) >= 11 is 0. The molecule has 3 rings (SSSR count). The van der Waals surface area contributed by atoms with Crippen molar-refractivity contribution in [1.82, 2.24) is 4.57 Å². The van der Waals surface area contributed by atoms with Gasteiger partial charge in [0, 0.05) is 18.0 Å². The number of nitrogens with zero attached hydrogens (tertiary/aromatic N) is 1. The lowest BCUT2D eigenvalue weighted by atomic mass is 9.99. The number of ether oxygens (including phenoxy) is 2. The Bertz CT molecular complexity index is 850. The molecule has 1 fully saturated rings. The predicted octanol–water partition coefficient (Wildman–Crippen LogP) is -1.21. The van der Waals surface area contributed by atoms with Gasteiger partial charge in [-0.25, -0.2) is 4.79 Å². The zero-order chi connectivity index (χ0) is 19.6. The van der Waals surface area contributed by atoms with E-state index in [4.69, 9.17) is 9.47 Å². The highest BCUT2D eigenvalue weighted by Gasteiger charge is 2.46. The van der Waals surface area contributed by atoms with Crippen molar-refractivity contribution in [2.24, 2.45) is 0 Å². The maximum Gasteiger partial charge on any atom is 0.340 e. The van der Waals surface area contributed by atoms with Crippen LogP contribution in [0.2, 0.25) is 0 Å². The quantitative estimate of drug-likeness (QED) is 0.487. The third kappa shape index (κ3) is 3.92. The molecule has 0 radical (unpaired) electrons. The summed E-state index contributed by atoms with van der Waals surface area (Å²) in [5, 5.41) is 38.6. The first-order valence-corrected chi connectivity index (χ1v) is 8.22. The van der Waals surface area contributed by atoms with Crippen molar-refractivity contribution in [3.8, 4) is 5.69 Å². The third-order valence-corrected chi connectivity index (χ3v) is 4.26. The molecule has 1 aromatic carbocycles. The van der Waals surface area contributed by atoms with E-state index in [1.807, 2.05) is 0 Å². The van der Waals surface area contributed by atoms with Crippen LogP contribution in [0, 0.1) is 0 Å². The predicted molar refractivity (Wildman–Crippen MR) is 91.2 cm³/mol. The Morgan fingerprint density at radius 2 is 1.78 bits per heavy atom. The number of hydrogen-bond donors (Lipinski definition) is 4. The van der Waals surface area contributed by atoms with E-state index in [2.05, 4.69) is 0 Å². The fourth-order valence-corrected chi connectivity index (χ4v) is 2.80. The van der Waals surface area contributed by atoms with Gasteiger partial charge in [-0.15, -0.1) is 0 Å². The molecule has 1 unspecified atom stereocenters. The van der Waals surface area contributed by atoms with Crippen molar-refractivity contribution >= 4 is 5.97 Å². The van der Waals surface area contributed by atoms with E-state index < -0.39 is 43.3 Å². The molecule has 144 valence electrons. The number of aliphatic hydroxyl groups is 4. The number of benzene rings is 1. The maximum atomic E-state index is 12.5. The zero-order valence-corrected chi connectivity index (χ0v) is 14.1. The number of aliphatic hydroxyl groups excluding tert-OH is 4. The minimum Gasteiger partial charge on any atom is -0.453 e. The lowest BCUT2D eigenvalue weighted by molar-refractivity contribution is -0.285. The molecule has 0 amide bonds. The summed E-state index contributed by atoms with van der Waals surface area (Å²) in [6, 6.07) is 11.1. The van der Waals surface area contributed by atoms with Gasteiger partial charge in [-0.05, 0) is 18.2 Å². The molecule has 0 spiro atoms. The average molecular weight is 377 g/mol. The fraction of sp³-hybridized carbons (Fsp3) is 0.333. The molecule has 1 aliphatic rings. The second-order valence-corrected chi connectivity index (χ2v) is 6.06. The Kier molecular flexibility index (Phi) is 5.68. The summed E-state index contributed by atoms with van der Waals surface area (Å²) in [7, 11) is 0. The number of carbonyl (C=O) groups is 1. The van der Waals surface area contributed by atoms with Crippen molar-refractivity contribution in [2.45, 2.75) is 30.7 Å². The van der Waals surface area contributed by atoms with E-state index in [0.29, 0.717) is 5.69 Å².